The largest absolute Gasteiger partial charge is 0.353 e. The van der Waals surface area contributed by atoms with E-state index in [4.69, 9.17) is 0 Å². The number of nitrogens with zero attached hydrogens (tertiary/aromatic N) is 1. The number of aryl methyl sites for hydroxylation is 1. The van der Waals surface area contributed by atoms with E-state index in [1.54, 1.807) is 0 Å². The number of urea groups is 1. The molecule has 2 saturated heterocycles. The Morgan fingerprint density at radius 2 is 1.80 bits per heavy atom. The number of amides is 3. The molecule has 0 radical (unpaired) electrons. The van der Waals surface area contributed by atoms with Gasteiger partial charge in [-0.1, -0.05) is 12.1 Å². The van der Waals surface area contributed by atoms with E-state index in [0.717, 1.165) is 49.8 Å². The average molecular weight is 341 g/mol. The second kappa shape index (κ2) is 6.70. The van der Waals surface area contributed by atoms with Gasteiger partial charge in [-0.05, 0) is 69.6 Å². The van der Waals surface area contributed by atoms with E-state index in [1.807, 2.05) is 36.1 Å². The van der Waals surface area contributed by atoms with Crippen molar-refractivity contribution in [2.45, 2.75) is 70.0 Å². The molecule has 5 heteroatoms. The molecule has 1 unspecified atom stereocenters. The minimum absolute atomic E-state index is 0.00673. The lowest BCUT2D eigenvalue weighted by Gasteiger charge is -2.48. The highest BCUT2D eigenvalue weighted by Gasteiger charge is 2.42. The number of carbonyl (C=O) groups is 2. The first kappa shape index (κ1) is 16.4. The summed E-state index contributed by atoms with van der Waals surface area (Å²) in [4.78, 5) is 27.0. The fourth-order valence-corrected chi connectivity index (χ4v) is 4.41. The predicted octanol–water partition coefficient (Wildman–Crippen LogP) is 3.44. The van der Waals surface area contributed by atoms with Crippen molar-refractivity contribution in [2.75, 3.05) is 5.32 Å². The van der Waals surface area contributed by atoms with Crippen molar-refractivity contribution in [1.29, 1.82) is 0 Å². The molecule has 2 aliphatic heterocycles. The molecule has 5 nitrogen and oxygen atoms in total. The molecule has 3 amide bonds. The van der Waals surface area contributed by atoms with Crippen LogP contribution in [0.15, 0.2) is 24.3 Å². The molecule has 4 rings (SSSR count). The lowest BCUT2D eigenvalue weighted by Crippen LogP contribution is -2.59. The Kier molecular flexibility index (Phi) is 4.40. The molecule has 1 aliphatic carbocycles. The Hall–Kier alpha value is -2.04. The van der Waals surface area contributed by atoms with E-state index in [1.165, 1.54) is 6.42 Å². The highest BCUT2D eigenvalue weighted by Crippen LogP contribution is 2.36. The molecule has 25 heavy (non-hydrogen) atoms. The summed E-state index contributed by atoms with van der Waals surface area (Å²) in [5.74, 6) is 0.475. The molecule has 3 atom stereocenters. The van der Waals surface area contributed by atoms with Gasteiger partial charge in [-0.25, -0.2) is 4.79 Å². The Labute approximate surface area is 149 Å². The summed E-state index contributed by atoms with van der Waals surface area (Å²) in [6.45, 7) is 2.03. The third-order valence-corrected chi connectivity index (χ3v) is 5.77. The molecule has 0 aromatic heterocycles. The molecule has 2 N–H and O–H groups in total. The Morgan fingerprint density at radius 1 is 1.08 bits per heavy atom. The number of benzene rings is 1. The topological polar surface area (TPSA) is 61.4 Å². The Morgan fingerprint density at radius 3 is 2.44 bits per heavy atom. The predicted molar refractivity (Wildman–Crippen MR) is 97.4 cm³/mol. The van der Waals surface area contributed by atoms with Crippen molar-refractivity contribution in [2.24, 2.45) is 5.92 Å². The van der Waals surface area contributed by atoms with Crippen LogP contribution < -0.4 is 10.6 Å². The first-order valence-corrected chi connectivity index (χ1v) is 9.56. The van der Waals surface area contributed by atoms with Crippen LogP contribution in [0.5, 0.6) is 0 Å². The van der Waals surface area contributed by atoms with Crippen LogP contribution in [0.2, 0.25) is 0 Å². The number of carbonyl (C=O) groups excluding carboxylic acids is 2. The zero-order chi connectivity index (χ0) is 17.4. The SMILES string of the molecule is Cc1cccc(NC(=O)N2[C@@H]3CCC[C@H]2CC(NC(=O)C2CC2)C3)c1. The van der Waals surface area contributed by atoms with Crippen LogP contribution in [-0.4, -0.2) is 35.0 Å². The van der Waals surface area contributed by atoms with Crippen LogP contribution in [0.1, 0.15) is 50.5 Å². The van der Waals surface area contributed by atoms with Crippen molar-refractivity contribution in [3.05, 3.63) is 29.8 Å². The normalized spacial score (nSPS) is 28.4. The van der Waals surface area contributed by atoms with E-state index < -0.39 is 0 Å². The summed E-state index contributed by atoms with van der Waals surface area (Å²) >= 11 is 0. The second-order valence-corrected chi connectivity index (χ2v) is 7.90. The zero-order valence-corrected chi connectivity index (χ0v) is 14.8. The number of piperidine rings is 2. The first-order chi connectivity index (χ1) is 12.1. The van der Waals surface area contributed by atoms with Gasteiger partial charge in [0.1, 0.15) is 0 Å². The van der Waals surface area contributed by atoms with Crippen LogP contribution >= 0.6 is 0 Å². The number of hydrogen-bond acceptors (Lipinski definition) is 2. The van der Waals surface area contributed by atoms with E-state index in [-0.39, 0.29) is 36.0 Å². The standard InChI is InChI=1S/C20H27N3O2/c1-13-4-2-5-15(10-13)22-20(25)23-17-6-3-7-18(23)12-16(11-17)21-19(24)14-8-9-14/h2,4-5,10,14,16-18H,3,6-9,11-12H2,1H3,(H,21,24)(H,22,25)/t16?,17-,18+. The summed E-state index contributed by atoms with van der Waals surface area (Å²) < 4.78 is 0. The number of hydrogen-bond donors (Lipinski definition) is 2. The number of anilines is 1. The van der Waals surface area contributed by atoms with Gasteiger partial charge in [0.2, 0.25) is 5.91 Å². The molecule has 2 bridgehead atoms. The quantitative estimate of drug-likeness (QED) is 0.885. The number of rotatable bonds is 3. The molecule has 3 fully saturated rings. The van der Waals surface area contributed by atoms with Gasteiger partial charge in [-0.3, -0.25) is 4.79 Å². The summed E-state index contributed by atoms with van der Waals surface area (Å²) in [6, 6.07) is 8.63. The molecule has 3 aliphatic rings. The van der Waals surface area contributed by atoms with E-state index in [9.17, 15) is 9.59 Å². The van der Waals surface area contributed by atoms with Gasteiger partial charge in [0.05, 0.1) is 0 Å². The van der Waals surface area contributed by atoms with Crippen molar-refractivity contribution >= 4 is 17.6 Å². The van der Waals surface area contributed by atoms with Gasteiger partial charge in [0.15, 0.2) is 0 Å². The van der Waals surface area contributed by atoms with E-state index in [0.29, 0.717) is 0 Å². The van der Waals surface area contributed by atoms with E-state index >= 15 is 0 Å². The summed E-state index contributed by atoms with van der Waals surface area (Å²) in [5.41, 5.74) is 1.99. The molecule has 1 aromatic rings. The maximum Gasteiger partial charge on any atom is 0.322 e. The van der Waals surface area contributed by atoms with Gasteiger partial charge >= 0.3 is 6.03 Å². The third-order valence-electron chi connectivity index (χ3n) is 5.77. The van der Waals surface area contributed by atoms with Crippen LogP contribution in [0, 0.1) is 12.8 Å². The summed E-state index contributed by atoms with van der Waals surface area (Å²) in [6.07, 6.45) is 7.09. The van der Waals surface area contributed by atoms with Gasteiger partial charge in [0.25, 0.3) is 0 Å². The second-order valence-electron chi connectivity index (χ2n) is 7.90. The number of fused-ring (bicyclic) bond motifs is 2. The number of nitrogens with one attached hydrogen (secondary N) is 2. The highest BCUT2D eigenvalue weighted by molar-refractivity contribution is 5.90. The van der Waals surface area contributed by atoms with Gasteiger partial charge in [0, 0.05) is 29.7 Å². The van der Waals surface area contributed by atoms with Crippen LogP contribution in [0.4, 0.5) is 10.5 Å². The average Bonchev–Trinajstić information content (AvgIpc) is 3.38. The van der Waals surface area contributed by atoms with Crippen molar-refractivity contribution in [1.82, 2.24) is 10.2 Å². The first-order valence-electron chi connectivity index (χ1n) is 9.56. The fraction of sp³-hybridized carbons (Fsp3) is 0.600. The van der Waals surface area contributed by atoms with Crippen LogP contribution in [0.3, 0.4) is 0 Å². The molecular weight excluding hydrogens is 314 g/mol. The van der Waals surface area contributed by atoms with Crippen molar-refractivity contribution in [3.8, 4) is 0 Å². The minimum Gasteiger partial charge on any atom is -0.353 e. The lowest BCUT2D eigenvalue weighted by molar-refractivity contribution is -0.123. The lowest BCUT2D eigenvalue weighted by atomic mass is 9.82. The van der Waals surface area contributed by atoms with Crippen molar-refractivity contribution in [3.63, 3.8) is 0 Å². The maximum atomic E-state index is 12.9. The Bertz CT molecular complexity index is 657. The van der Waals surface area contributed by atoms with Crippen molar-refractivity contribution < 1.29 is 9.59 Å². The zero-order valence-electron chi connectivity index (χ0n) is 14.8. The minimum atomic E-state index is 0.00673. The van der Waals surface area contributed by atoms with E-state index in [2.05, 4.69) is 10.6 Å². The van der Waals surface area contributed by atoms with Gasteiger partial charge in [-0.2, -0.15) is 0 Å². The smallest absolute Gasteiger partial charge is 0.322 e. The Balaban J connectivity index is 1.41. The fourth-order valence-electron chi connectivity index (χ4n) is 4.41. The molecule has 2 heterocycles. The van der Waals surface area contributed by atoms with Gasteiger partial charge < -0.3 is 15.5 Å². The molecular formula is C20H27N3O2. The molecule has 0 spiro atoms. The molecule has 134 valence electrons. The monoisotopic (exact) mass is 341 g/mol. The van der Waals surface area contributed by atoms with Crippen LogP contribution in [-0.2, 0) is 4.79 Å². The summed E-state index contributed by atoms with van der Waals surface area (Å²) in [7, 11) is 0. The maximum absolute atomic E-state index is 12.9. The van der Waals surface area contributed by atoms with Crippen LogP contribution in [0.25, 0.3) is 0 Å². The summed E-state index contributed by atoms with van der Waals surface area (Å²) in [5, 5.41) is 6.29. The molecule has 1 aromatic carbocycles. The van der Waals surface area contributed by atoms with Gasteiger partial charge in [-0.15, -0.1) is 0 Å². The molecule has 1 saturated carbocycles. The third kappa shape index (κ3) is 3.65. The highest BCUT2D eigenvalue weighted by atomic mass is 16.2.